The number of hydrogen-bond donors (Lipinski definition) is 1. The highest BCUT2D eigenvalue weighted by Gasteiger charge is 2.40. The number of hydrogen-bond acceptors (Lipinski definition) is 4. The van der Waals surface area contributed by atoms with Crippen molar-refractivity contribution in [3.8, 4) is 11.5 Å². The summed E-state index contributed by atoms with van der Waals surface area (Å²) in [6.07, 6.45) is 2.65. The molecule has 3 heterocycles. The number of benzene rings is 1. The van der Waals surface area contributed by atoms with E-state index in [0.29, 0.717) is 18.6 Å². The van der Waals surface area contributed by atoms with Gasteiger partial charge in [-0.25, -0.2) is 0 Å². The molecule has 1 spiro atoms. The number of halogens is 2. The molecular weight excluding hydrogens is 368 g/mol. The summed E-state index contributed by atoms with van der Waals surface area (Å²) in [6, 6.07) is 4.31. The van der Waals surface area contributed by atoms with Crippen LogP contribution in [0.3, 0.4) is 0 Å². The number of fused-ring (bicyclic) bond motifs is 1. The fourth-order valence-corrected chi connectivity index (χ4v) is 4.42. The first-order chi connectivity index (χ1) is 10.2. The quantitative estimate of drug-likeness (QED) is 0.843. The lowest BCUT2D eigenvalue weighted by Gasteiger charge is -2.24. The number of rotatable bonds is 2. The van der Waals surface area contributed by atoms with Crippen LogP contribution in [0.5, 0.6) is 11.5 Å². The van der Waals surface area contributed by atoms with Gasteiger partial charge in [-0.3, -0.25) is 4.90 Å². The lowest BCUT2D eigenvalue weighted by molar-refractivity contribution is 0.170. The predicted molar refractivity (Wildman–Crippen MR) is 92.2 cm³/mol. The van der Waals surface area contributed by atoms with Crippen LogP contribution < -0.4 is 14.8 Å². The Morgan fingerprint density at radius 3 is 2.91 bits per heavy atom. The summed E-state index contributed by atoms with van der Waals surface area (Å²) in [6.45, 7) is 7.06. The van der Waals surface area contributed by atoms with Crippen molar-refractivity contribution in [1.82, 2.24) is 10.2 Å². The van der Waals surface area contributed by atoms with Gasteiger partial charge in [0.1, 0.15) is 13.2 Å². The maximum atomic E-state index is 5.72. The summed E-state index contributed by atoms with van der Waals surface area (Å²) in [5.41, 5.74) is 1.83. The largest absolute Gasteiger partial charge is 0.486 e. The van der Waals surface area contributed by atoms with Gasteiger partial charge in [-0.15, -0.1) is 12.4 Å². The van der Waals surface area contributed by atoms with Crippen molar-refractivity contribution in [2.45, 2.75) is 19.4 Å². The Kier molecular flexibility index (Phi) is 4.88. The third kappa shape index (κ3) is 3.09. The fraction of sp³-hybridized carbons (Fsp3) is 0.625. The molecule has 22 heavy (non-hydrogen) atoms. The first-order valence-electron chi connectivity index (χ1n) is 7.75. The van der Waals surface area contributed by atoms with Crippen molar-refractivity contribution < 1.29 is 9.47 Å². The maximum Gasteiger partial charge on any atom is 0.175 e. The van der Waals surface area contributed by atoms with E-state index in [9.17, 15) is 0 Å². The fourth-order valence-electron chi connectivity index (χ4n) is 3.82. The summed E-state index contributed by atoms with van der Waals surface area (Å²) in [4.78, 5) is 2.57. The van der Waals surface area contributed by atoms with E-state index in [1.54, 1.807) is 0 Å². The summed E-state index contributed by atoms with van der Waals surface area (Å²) in [5, 5.41) is 3.52. The molecule has 4 rings (SSSR count). The molecule has 0 amide bonds. The zero-order valence-electron chi connectivity index (χ0n) is 12.6. The third-order valence-corrected chi connectivity index (χ3v) is 5.50. The van der Waals surface area contributed by atoms with Crippen molar-refractivity contribution in [3.05, 3.63) is 22.2 Å². The van der Waals surface area contributed by atoms with Crippen LogP contribution in [0.25, 0.3) is 0 Å². The van der Waals surface area contributed by atoms with Gasteiger partial charge in [0.25, 0.3) is 0 Å². The molecule has 6 heteroatoms. The number of likely N-dealkylation sites (tertiary alicyclic amines) is 1. The zero-order valence-corrected chi connectivity index (χ0v) is 15.0. The Morgan fingerprint density at radius 2 is 2.09 bits per heavy atom. The van der Waals surface area contributed by atoms with Gasteiger partial charge in [0.05, 0.1) is 4.47 Å². The van der Waals surface area contributed by atoms with Crippen LogP contribution >= 0.6 is 28.3 Å². The van der Waals surface area contributed by atoms with Crippen LogP contribution in [0.2, 0.25) is 0 Å². The minimum atomic E-state index is 0. The molecule has 2 saturated heterocycles. The molecule has 1 N–H and O–H groups in total. The van der Waals surface area contributed by atoms with Crippen LogP contribution in [0.4, 0.5) is 0 Å². The lowest BCUT2D eigenvalue weighted by Crippen LogP contribution is -2.29. The van der Waals surface area contributed by atoms with E-state index < -0.39 is 0 Å². The highest BCUT2D eigenvalue weighted by molar-refractivity contribution is 9.10. The standard InChI is InChI=1S/C16H21BrN2O2.ClH/c17-13-7-12(8-14-15(13)21-6-5-20-14)9-19-4-2-16(11-19)1-3-18-10-16;/h7-8,18H,1-6,9-11H2;1H. The molecule has 0 aromatic heterocycles. The van der Waals surface area contributed by atoms with E-state index in [0.717, 1.165) is 22.5 Å². The molecule has 2 fully saturated rings. The van der Waals surface area contributed by atoms with E-state index >= 15 is 0 Å². The molecule has 0 radical (unpaired) electrons. The molecule has 1 atom stereocenters. The molecule has 4 nitrogen and oxygen atoms in total. The van der Waals surface area contributed by atoms with Crippen molar-refractivity contribution in [1.29, 1.82) is 0 Å². The SMILES string of the molecule is Brc1cc(CN2CCC3(CCNC3)C2)cc2c1OCCO2.Cl. The van der Waals surface area contributed by atoms with Gasteiger partial charge in [-0.2, -0.15) is 0 Å². The van der Waals surface area contributed by atoms with Crippen molar-refractivity contribution >= 4 is 28.3 Å². The summed E-state index contributed by atoms with van der Waals surface area (Å²) < 4.78 is 12.4. The van der Waals surface area contributed by atoms with Crippen LogP contribution in [0.15, 0.2) is 16.6 Å². The number of nitrogens with zero attached hydrogens (tertiary/aromatic N) is 1. The topological polar surface area (TPSA) is 33.7 Å². The average Bonchev–Trinajstić information content (AvgIpc) is 3.10. The van der Waals surface area contributed by atoms with Gasteiger partial charge < -0.3 is 14.8 Å². The highest BCUT2D eigenvalue weighted by atomic mass is 79.9. The molecule has 1 aromatic carbocycles. The smallest absolute Gasteiger partial charge is 0.175 e. The molecular formula is C16H22BrClN2O2. The Morgan fingerprint density at radius 1 is 1.23 bits per heavy atom. The van der Waals surface area contributed by atoms with Gasteiger partial charge in [-0.05, 0) is 65.0 Å². The molecule has 0 saturated carbocycles. The molecule has 3 aliphatic heterocycles. The van der Waals surface area contributed by atoms with Gasteiger partial charge in [0, 0.05) is 19.6 Å². The Bertz CT molecular complexity index is 549. The van der Waals surface area contributed by atoms with Crippen molar-refractivity contribution in [2.75, 3.05) is 39.4 Å². The van der Waals surface area contributed by atoms with E-state index in [1.165, 1.54) is 44.6 Å². The zero-order chi connectivity index (χ0) is 14.3. The Hall–Kier alpha value is -0.490. The maximum absolute atomic E-state index is 5.72. The van der Waals surface area contributed by atoms with Gasteiger partial charge in [0.2, 0.25) is 0 Å². The molecule has 122 valence electrons. The summed E-state index contributed by atoms with van der Waals surface area (Å²) in [7, 11) is 0. The molecule has 3 aliphatic rings. The molecule has 0 aliphatic carbocycles. The Balaban J connectivity index is 0.00000144. The second kappa shape index (κ2) is 6.56. The van der Waals surface area contributed by atoms with Crippen LogP contribution in [-0.2, 0) is 6.54 Å². The van der Waals surface area contributed by atoms with E-state index in [4.69, 9.17) is 9.47 Å². The van der Waals surface area contributed by atoms with Crippen molar-refractivity contribution in [2.24, 2.45) is 5.41 Å². The number of nitrogens with one attached hydrogen (secondary N) is 1. The van der Waals surface area contributed by atoms with Crippen LogP contribution in [-0.4, -0.2) is 44.3 Å². The van der Waals surface area contributed by atoms with E-state index in [1.807, 2.05) is 0 Å². The summed E-state index contributed by atoms with van der Waals surface area (Å²) in [5.74, 6) is 1.73. The third-order valence-electron chi connectivity index (χ3n) is 4.91. The number of ether oxygens (including phenoxy) is 2. The van der Waals surface area contributed by atoms with E-state index in [2.05, 4.69) is 38.3 Å². The van der Waals surface area contributed by atoms with Crippen LogP contribution in [0, 0.1) is 5.41 Å². The first kappa shape index (κ1) is 16.4. The molecule has 1 unspecified atom stereocenters. The second-order valence-corrected chi connectivity index (χ2v) is 7.34. The minimum Gasteiger partial charge on any atom is -0.486 e. The predicted octanol–water partition coefficient (Wildman–Crippen LogP) is 2.83. The normalized spacial score (nSPS) is 27.1. The molecule has 0 bridgehead atoms. The monoisotopic (exact) mass is 388 g/mol. The first-order valence-corrected chi connectivity index (χ1v) is 8.55. The highest BCUT2D eigenvalue weighted by Crippen LogP contribution is 2.40. The Labute approximate surface area is 146 Å². The van der Waals surface area contributed by atoms with Crippen LogP contribution in [0.1, 0.15) is 18.4 Å². The minimum absolute atomic E-state index is 0. The lowest BCUT2D eigenvalue weighted by atomic mass is 9.86. The van der Waals surface area contributed by atoms with Gasteiger partial charge in [-0.1, -0.05) is 0 Å². The van der Waals surface area contributed by atoms with Crippen molar-refractivity contribution in [3.63, 3.8) is 0 Å². The van der Waals surface area contributed by atoms with Gasteiger partial charge >= 0.3 is 0 Å². The van der Waals surface area contributed by atoms with E-state index in [-0.39, 0.29) is 12.4 Å². The molecule has 1 aromatic rings. The summed E-state index contributed by atoms with van der Waals surface area (Å²) >= 11 is 3.61. The second-order valence-electron chi connectivity index (χ2n) is 6.49. The van der Waals surface area contributed by atoms with Gasteiger partial charge in [0.15, 0.2) is 11.5 Å². The average molecular weight is 390 g/mol.